The Morgan fingerprint density at radius 3 is 2.44 bits per heavy atom. The van der Waals surface area contributed by atoms with E-state index >= 15 is 0 Å². The van der Waals surface area contributed by atoms with Crippen molar-refractivity contribution < 1.29 is 9.90 Å². The van der Waals surface area contributed by atoms with Gasteiger partial charge in [-0.3, -0.25) is 9.69 Å². The van der Waals surface area contributed by atoms with Crippen molar-refractivity contribution in [2.45, 2.75) is 65.8 Å². The number of carboxylic acid groups (broad SMARTS) is 1. The van der Waals surface area contributed by atoms with E-state index in [-0.39, 0.29) is 5.92 Å². The van der Waals surface area contributed by atoms with Gasteiger partial charge in [0.1, 0.15) is 0 Å². The molecule has 2 unspecified atom stereocenters. The van der Waals surface area contributed by atoms with Crippen LogP contribution in [0, 0.1) is 11.3 Å². The number of nitrogens with zero attached hydrogens (tertiary/aromatic N) is 1. The zero-order valence-corrected chi connectivity index (χ0v) is 12.4. The van der Waals surface area contributed by atoms with Crippen molar-refractivity contribution in [1.82, 2.24) is 4.90 Å². The first-order valence-corrected chi connectivity index (χ1v) is 7.41. The molecule has 1 aliphatic heterocycles. The van der Waals surface area contributed by atoms with Gasteiger partial charge in [0.15, 0.2) is 0 Å². The van der Waals surface area contributed by atoms with E-state index in [2.05, 4.69) is 18.7 Å². The van der Waals surface area contributed by atoms with E-state index in [1.807, 2.05) is 13.8 Å². The second kappa shape index (κ2) is 6.55. The molecule has 0 bridgehead atoms. The fourth-order valence-corrected chi connectivity index (χ4v) is 3.00. The fourth-order valence-electron chi connectivity index (χ4n) is 3.00. The van der Waals surface area contributed by atoms with Gasteiger partial charge in [-0.05, 0) is 32.2 Å². The SMILES string of the molecule is CCCCCC(C)N1CCC(C(=O)O)(C(C)C)C1. The molecule has 106 valence electrons. The predicted octanol–water partition coefficient (Wildman–Crippen LogP) is 3.39. The van der Waals surface area contributed by atoms with Crippen LogP contribution in [0.15, 0.2) is 0 Å². The number of unbranched alkanes of at least 4 members (excludes halogenated alkanes) is 2. The molecule has 0 aromatic heterocycles. The Morgan fingerprint density at radius 2 is 2.00 bits per heavy atom. The minimum absolute atomic E-state index is 0.211. The highest BCUT2D eigenvalue weighted by molar-refractivity contribution is 5.75. The van der Waals surface area contributed by atoms with Crippen LogP contribution in [0.25, 0.3) is 0 Å². The summed E-state index contributed by atoms with van der Waals surface area (Å²) in [6.45, 7) is 10.2. The van der Waals surface area contributed by atoms with Crippen LogP contribution in [-0.4, -0.2) is 35.1 Å². The van der Waals surface area contributed by atoms with E-state index in [0.717, 1.165) is 19.5 Å². The Morgan fingerprint density at radius 1 is 1.33 bits per heavy atom. The summed E-state index contributed by atoms with van der Waals surface area (Å²) in [5, 5.41) is 9.52. The summed E-state index contributed by atoms with van der Waals surface area (Å²) in [7, 11) is 0. The van der Waals surface area contributed by atoms with Gasteiger partial charge < -0.3 is 5.11 Å². The molecule has 1 rings (SSSR count). The number of aliphatic carboxylic acids is 1. The molecule has 1 saturated heterocycles. The van der Waals surface area contributed by atoms with Gasteiger partial charge >= 0.3 is 5.97 Å². The van der Waals surface area contributed by atoms with Crippen molar-refractivity contribution in [1.29, 1.82) is 0 Å². The summed E-state index contributed by atoms with van der Waals surface area (Å²) in [6, 6.07) is 0.525. The van der Waals surface area contributed by atoms with Gasteiger partial charge in [-0.25, -0.2) is 0 Å². The highest BCUT2D eigenvalue weighted by atomic mass is 16.4. The highest BCUT2D eigenvalue weighted by Crippen LogP contribution is 2.39. The molecule has 2 atom stereocenters. The average Bonchev–Trinajstić information content (AvgIpc) is 2.75. The third-order valence-corrected chi connectivity index (χ3v) is 4.71. The van der Waals surface area contributed by atoms with Gasteiger partial charge in [0.05, 0.1) is 5.41 Å². The summed E-state index contributed by atoms with van der Waals surface area (Å²) in [6.07, 6.45) is 5.79. The molecule has 3 nitrogen and oxygen atoms in total. The van der Waals surface area contributed by atoms with Gasteiger partial charge in [-0.1, -0.05) is 40.0 Å². The minimum atomic E-state index is -0.610. The molecule has 1 fully saturated rings. The molecule has 0 spiro atoms. The minimum Gasteiger partial charge on any atom is -0.481 e. The van der Waals surface area contributed by atoms with Crippen molar-refractivity contribution in [3.05, 3.63) is 0 Å². The number of hydrogen-bond acceptors (Lipinski definition) is 2. The maximum absolute atomic E-state index is 11.6. The molecule has 0 radical (unpaired) electrons. The quantitative estimate of drug-likeness (QED) is 0.709. The zero-order chi connectivity index (χ0) is 13.8. The van der Waals surface area contributed by atoms with Crippen LogP contribution in [0.5, 0.6) is 0 Å². The van der Waals surface area contributed by atoms with Crippen LogP contribution in [-0.2, 0) is 4.79 Å². The normalized spacial score (nSPS) is 26.7. The van der Waals surface area contributed by atoms with Crippen LogP contribution < -0.4 is 0 Å². The lowest BCUT2D eigenvalue weighted by molar-refractivity contribution is -0.151. The first kappa shape index (κ1) is 15.5. The molecule has 1 heterocycles. The maximum Gasteiger partial charge on any atom is 0.311 e. The Labute approximate surface area is 112 Å². The number of hydrogen-bond donors (Lipinski definition) is 1. The molecule has 0 aliphatic carbocycles. The van der Waals surface area contributed by atoms with Gasteiger partial charge in [0, 0.05) is 12.6 Å². The van der Waals surface area contributed by atoms with Gasteiger partial charge in [0.2, 0.25) is 0 Å². The first-order valence-electron chi connectivity index (χ1n) is 7.41. The van der Waals surface area contributed by atoms with Gasteiger partial charge in [-0.2, -0.15) is 0 Å². The summed E-state index contributed by atoms with van der Waals surface area (Å²) in [5.74, 6) is -0.399. The van der Waals surface area contributed by atoms with Crippen molar-refractivity contribution in [2.75, 3.05) is 13.1 Å². The maximum atomic E-state index is 11.6. The molecule has 0 amide bonds. The van der Waals surface area contributed by atoms with E-state index < -0.39 is 11.4 Å². The van der Waals surface area contributed by atoms with E-state index in [1.54, 1.807) is 0 Å². The fraction of sp³-hybridized carbons (Fsp3) is 0.933. The van der Waals surface area contributed by atoms with Gasteiger partial charge in [-0.15, -0.1) is 0 Å². The number of carboxylic acids is 1. The largest absolute Gasteiger partial charge is 0.481 e. The van der Waals surface area contributed by atoms with Crippen LogP contribution in [0.4, 0.5) is 0 Å². The Bertz CT molecular complexity index is 278. The Kier molecular flexibility index (Phi) is 5.64. The molecule has 1 aliphatic rings. The van der Waals surface area contributed by atoms with Crippen LogP contribution in [0.1, 0.15) is 59.8 Å². The smallest absolute Gasteiger partial charge is 0.311 e. The molecule has 1 N–H and O–H groups in total. The molecule has 0 aromatic carbocycles. The number of carbonyl (C=O) groups is 1. The second-order valence-electron chi connectivity index (χ2n) is 6.18. The van der Waals surface area contributed by atoms with Crippen LogP contribution in [0.2, 0.25) is 0 Å². The lowest BCUT2D eigenvalue weighted by Crippen LogP contribution is -2.41. The van der Waals surface area contributed by atoms with Crippen LogP contribution >= 0.6 is 0 Å². The van der Waals surface area contributed by atoms with Crippen molar-refractivity contribution in [3.63, 3.8) is 0 Å². The lowest BCUT2D eigenvalue weighted by Gasteiger charge is -2.31. The van der Waals surface area contributed by atoms with E-state index in [0.29, 0.717) is 6.04 Å². The van der Waals surface area contributed by atoms with Crippen molar-refractivity contribution in [2.24, 2.45) is 11.3 Å². The van der Waals surface area contributed by atoms with Crippen molar-refractivity contribution >= 4 is 5.97 Å². The summed E-state index contributed by atoms with van der Waals surface area (Å²) >= 11 is 0. The third kappa shape index (κ3) is 3.25. The second-order valence-corrected chi connectivity index (χ2v) is 6.18. The number of likely N-dealkylation sites (tertiary alicyclic amines) is 1. The monoisotopic (exact) mass is 255 g/mol. The molecular formula is C15H29NO2. The summed E-state index contributed by atoms with van der Waals surface area (Å²) in [5.41, 5.74) is -0.515. The molecule has 0 saturated carbocycles. The Hall–Kier alpha value is -0.570. The highest BCUT2D eigenvalue weighted by Gasteiger charge is 2.47. The third-order valence-electron chi connectivity index (χ3n) is 4.71. The van der Waals surface area contributed by atoms with E-state index in [9.17, 15) is 9.90 Å². The van der Waals surface area contributed by atoms with E-state index in [1.165, 1.54) is 25.7 Å². The first-order chi connectivity index (χ1) is 8.44. The van der Waals surface area contributed by atoms with E-state index in [4.69, 9.17) is 0 Å². The molecule has 3 heteroatoms. The van der Waals surface area contributed by atoms with Gasteiger partial charge in [0.25, 0.3) is 0 Å². The molecular weight excluding hydrogens is 226 g/mol. The lowest BCUT2D eigenvalue weighted by atomic mass is 9.76. The topological polar surface area (TPSA) is 40.5 Å². The zero-order valence-electron chi connectivity index (χ0n) is 12.4. The number of rotatable bonds is 7. The summed E-state index contributed by atoms with van der Waals surface area (Å²) in [4.78, 5) is 13.9. The summed E-state index contributed by atoms with van der Waals surface area (Å²) < 4.78 is 0. The molecule has 18 heavy (non-hydrogen) atoms. The standard InChI is InChI=1S/C15H29NO2/c1-5-6-7-8-13(4)16-10-9-15(11-16,12(2)3)14(17)18/h12-13H,5-11H2,1-4H3,(H,17,18). The van der Waals surface area contributed by atoms with Crippen LogP contribution in [0.3, 0.4) is 0 Å². The average molecular weight is 255 g/mol. The van der Waals surface area contributed by atoms with Crippen molar-refractivity contribution in [3.8, 4) is 0 Å². The Balaban J connectivity index is 2.55. The molecule has 0 aromatic rings. The predicted molar refractivity (Wildman–Crippen MR) is 74.7 cm³/mol.